The van der Waals surface area contributed by atoms with Crippen molar-refractivity contribution < 1.29 is 4.57 Å². The van der Waals surface area contributed by atoms with Gasteiger partial charge in [0.15, 0.2) is 0 Å². The Morgan fingerprint density at radius 1 is 0.909 bits per heavy atom. The van der Waals surface area contributed by atoms with Crippen LogP contribution in [0.25, 0.3) is 0 Å². The molecule has 0 aromatic rings. The lowest BCUT2D eigenvalue weighted by atomic mass is 10.1. The van der Waals surface area contributed by atoms with Gasteiger partial charge in [0, 0.05) is 0 Å². The predicted molar refractivity (Wildman–Crippen MR) is 57.5 cm³/mol. The van der Waals surface area contributed by atoms with Crippen LogP contribution < -0.4 is 0 Å². The first-order valence-electron chi connectivity index (χ1n) is 4.55. The Morgan fingerprint density at radius 3 is 2.00 bits per heavy atom. The number of hydrogen-bond donors (Lipinski definition) is 0. The van der Waals surface area contributed by atoms with Crippen LogP contribution in [0.1, 0.15) is 38.5 Å². The topological polar surface area (TPSA) is 17.1 Å². The molecule has 0 spiro atoms. The Balaban J connectivity index is 2.74. The molecule has 0 rings (SSSR count). The molecule has 0 saturated heterocycles. The molecule has 0 N–H and O–H groups in total. The highest BCUT2D eigenvalue weighted by molar-refractivity contribution is 7.23. The first-order valence-corrected chi connectivity index (χ1v) is 6.66. The maximum atomic E-state index is 10.1. The third-order valence-electron chi connectivity index (χ3n) is 1.78. The first-order chi connectivity index (χ1) is 5.41. The third kappa shape index (κ3) is 10.7. The summed E-state index contributed by atoms with van der Waals surface area (Å²) < 4.78 is 10.1. The normalized spacial score (nSPS) is 11.4. The Bertz CT molecular complexity index is 86.2. The molecule has 1 nitrogen and oxygen atoms in total. The van der Waals surface area contributed by atoms with Crippen molar-refractivity contribution in [2.45, 2.75) is 38.5 Å². The molecule has 0 heterocycles. The lowest BCUT2D eigenvalue weighted by Gasteiger charge is -1.97. The molecule has 0 bridgehead atoms. The largest absolute Gasteiger partial charge is 0.330 e. The molecule has 0 amide bonds. The summed E-state index contributed by atoms with van der Waals surface area (Å²) in [6, 6.07) is 0. The van der Waals surface area contributed by atoms with E-state index in [1.54, 1.807) is 0 Å². The predicted octanol–water partition coefficient (Wildman–Crippen LogP) is 2.96. The molecule has 3 heteroatoms. The van der Waals surface area contributed by atoms with E-state index in [0.717, 1.165) is 6.16 Å². The van der Waals surface area contributed by atoms with Gasteiger partial charge in [0.2, 0.25) is 0 Å². The summed E-state index contributed by atoms with van der Waals surface area (Å²) in [5.41, 5.74) is 0. The van der Waals surface area contributed by atoms with Crippen LogP contribution in [-0.4, -0.2) is 12.3 Å². The van der Waals surface area contributed by atoms with Gasteiger partial charge >= 0.3 is 0 Å². The minimum Gasteiger partial charge on any atom is -0.330 e. The minimum absolute atomic E-state index is 0.483. The fraction of sp³-hybridized carbons (Fsp3) is 1.00. The average Bonchev–Trinajstić information content (AvgIpc) is 2.03. The third-order valence-corrected chi connectivity index (χ3v) is 2.83. The van der Waals surface area contributed by atoms with E-state index in [9.17, 15) is 4.57 Å². The van der Waals surface area contributed by atoms with Gasteiger partial charge in [-0.25, -0.2) is 0 Å². The number of hydrogen-bond acceptors (Lipinski definition) is 1. The first kappa shape index (κ1) is 11.7. The Labute approximate surface area is 73.7 Å². The zero-order valence-electron chi connectivity index (χ0n) is 7.22. The Kier molecular flexibility index (Phi) is 11.3. The van der Waals surface area contributed by atoms with E-state index >= 15 is 0 Å². The van der Waals surface area contributed by atoms with E-state index in [0.29, 0.717) is 0 Å². The summed E-state index contributed by atoms with van der Waals surface area (Å²) in [5.74, 6) is 0. The van der Waals surface area contributed by atoms with Gasteiger partial charge in [-0.3, -0.25) is 0 Å². The van der Waals surface area contributed by atoms with Crippen LogP contribution >= 0.6 is 17.7 Å². The van der Waals surface area contributed by atoms with E-state index in [1.807, 2.05) is 0 Å². The minimum atomic E-state index is -0.483. The van der Waals surface area contributed by atoms with E-state index < -0.39 is 8.46 Å². The molecule has 0 fully saturated rings. The average molecular weight is 194 g/mol. The second-order valence-electron chi connectivity index (χ2n) is 2.87. The SMILES string of the molecule is O=[PH2]CCCCCCCCP. The molecular weight excluding hydrogens is 174 g/mol. The van der Waals surface area contributed by atoms with Crippen LogP contribution in [0.4, 0.5) is 0 Å². The molecule has 0 radical (unpaired) electrons. The van der Waals surface area contributed by atoms with Gasteiger partial charge in [0.25, 0.3) is 0 Å². The summed E-state index contributed by atoms with van der Waals surface area (Å²) in [5, 5.41) is 0. The van der Waals surface area contributed by atoms with Crippen molar-refractivity contribution in [2.24, 2.45) is 0 Å². The molecule has 0 aliphatic heterocycles. The van der Waals surface area contributed by atoms with Gasteiger partial charge in [-0.2, -0.15) is 0 Å². The van der Waals surface area contributed by atoms with Crippen molar-refractivity contribution in [1.82, 2.24) is 0 Å². The molecular formula is C8H20OP2. The molecule has 11 heavy (non-hydrogen) atoms. The van der Waals surface area contributed by atoms with Crippen molar-refractivity contribution in [3.63, 3.8) is 0 Å². The van der Waals surface area contributed by atoms with Crippen LogP contribution in [0.3, 0.4) is 0 Å². The highest BCUT2D eigenvalue weighted by Gasteiger charge is 1.88. The van der Waals surface area contributed by atoms with Crippen molar-refractivity contribution in [3.05, 3.63) is 0 Å². The maximum absolute atomic E-state index is 10.1. The van der Waals surface area contributed by atoms with Crippen LogP contribution in [0, 0.1) is 0 Å². The van der Waals surface area contributed by atoms with E-state index in [4.69, 9.17) is 0 Å². The highest BCUT2D eigenvalue weighted by atomic mass is 31.1. The monoisotopic (exact) mass is 194 g/mol. The van der Waals surface area contributed by atoms with Gasteiger partial charge in [0.1, 0.15) is 0 Å². The number of unbranched alkanes of at least 4 members (excludes halogenated alkanes) is 5. The van der Waals surface area contributed by atoms with Crippen LogP contribution in [0.2, 0.25) is 0 Å². The molecule has 0 aromatic carbocycles. The highest BCUT2D eigenvalue weighted by Crippen LogP contribution is 2.08. The molecule has 0 aromatic heterocycles. The smallest absolute Gasteiger partial charge is 0.0645 e. The second kappa shape index (κ2) is 10.7. The molecule has 0 aliphatic carbocycles. The molecule has 2 unspecified atom stereocenters. The lowest BCUT2D eigenvalue weighted by Crippen LogP contribution is -1.80. The standard InChI is InChI=1S/C8H20OP2/c9-11-8-6-4-2-1-3-5-7-10/h1-8,10-11H2. The van der Waals surface area contributed by atoms with Gasteiger partial charge in [-0.15, -0.1) is 9.24 Å². The molecule has 0 saturated carbocycles. The van der Waals surface area contributed by atoms with Crippen molar-refractivity contribution in [3.8, 4) is 0 Å². The maximum Gasteiger partial charge on any atom is 0.0645 e. The van der Waals surface area contributed by atoms with Crippen LogP contribution in [-0.2, 0) is 4.57 Å². The summed E-state index contributed by atoms with van der Waals surface area (Å²) in [7, 11) is 2.27. The summed E-state index contributed by atoms with van der Waals surface area (Å²) >= 11 is 0. The quantitative estimate of drug-likeness (QED) is 0.429. The lowest BCUT2D eigenvalue weighted by molar-refractivity contribution is 0.591. The Morgan fingerprint density at radius 2 is 1.45 bits per heavy atom. The van der Waals surface area contributed by atoms with Gasteiger partial charge in [-0.05, 0) is 25.2 Å². The fourth-order valence-electron chi connectivity index (χ4n) is 1.08. The molecule has 68 valence electrons. The van der Waals surface area contributed by atoms with Gasteiger partial charge in [0.05, 0.1) is 8.46 Å². The Hall–Kier alpha value is 0.660. The van der Waals surface area contributed by atoms with Crippen molar-refractivity contribution in [2.75, 3.05) is 12.3 Å². The van der Waals surface area contributed by atoms with E-state index in [2.05, 4.69) is 9.24 Å². The van der Waals surface area contributed by atoms with Crippen molar-refractivity contribution >= 4 is 17.7 Å². The van der Waals surface area contributed by atoms with Crippen LogP contribution in [0.15, 0.2) is 0 Å². The van der Waals surface area contributed by atoms with E-state index in [1.165, 1.54) is 44.7 Å². The summed E-state index contributed by atoms with van der Waals surface area (Å²) in [6.45, 7) is 0. The van der Waals surface area contributed by atoms with E-state index in [-0.39, 0.29) is 0 Å². The zero-order chi connectivity index (χ0) is 8.36. The van der Waals surface area contributed by atoms with Gasteiger partial charge < -0.3 is 4.57 Å². The second-order valence-corrected chi connectivity index (χ2v) is 4.35. The van der Waals surface area contributed by atoms with Gasteiger partial charge in [-0.1, -0.05) is 25.7 Å². The summed E-state index contributed by atoms with van der Waals surface area (Å²) in [4.78, 5) is 0. The molecule has 0 aliphatic rings. The fourth-order valence-corrected chi connectivity index (χ4v) is 1.82. The molecule has 2 atom stereocenters. The number of rotatable bonds is 8. The van der Waals surface area contributed by atoms with Crippen molar-refractivity contribution in [1.29, 1.82) is 0 Å². The summed E-state index contributed by atoms with van der Waals surface area (Å²) in [6.07, 6.45) is 10.1. The zero-order valence-corrected chi connectivity index (χ0v) is 9.53. The van der Waals surface area contributed by atoms with Crippen LogP contribution in [0.5, 0.6) is 0 Å².